The van der Waals surface area contributed by atoms with Gasteiger partial charge in [0.25, 0.3) is 0 Å². The van der Waals surface area contributed by atoms with E-state index in [0.717, 1.165) is 13.2 Å². The first-order valence-electron chi connectivity index (χ1n) is 4.29. The molecule has 1 heterocycles. The topological polar surface area (TPSA) is 35.2 Å². The normalized spacial score (nSPS) is 26.5. The highest BCUT2D eigenvalue weighted by Crippen LogP contribution is 2.56. The highest BCUT2D eigenvalue weighted by Gasteiger charge is 2.34. The van der Waals surface area contributed by atoms with Crippen molar-refractivity contribution >= 4 is 7.26 Å². The summed E-state index contributed by atoms with van der Waals surface area (Å²) < 4.78 is 5.33. The Morgan fingerprint density at radius 1 is 1.45 bits per heavy atom. The number of hydrogen-bond acceptors (Lipinski definition) is 2. The van der Waals surface area contributed by atoms with Crippen molar-refractivity contribution < 1.29 is 4.74 Å². The lowest BCUT2D eigenvalue weighted by Gasteiger charge is -2.28. The summed E-state index contributed by atoms with van der Waals surface area (Å²) in [6, 6.07) is 0.381. The average Bonchev–Trinajstić information content (AvgIpc) is 1.85. The zero-order valence-electron chi connectivity index (χ0n) is 7.55. The van der Waals surface area contributed by atoms with E-state index in [9.17, 15) is 0 Å². The van der Waals surface area contributed by atoms with Crippen LogP contribution in [0, 0.1) is 0 Å². The van der Waals surface area contributed by atoms with E-state index >= 15 is 0 Å². The van der Waals surface area contributed by atoms with Gasteiger partial charge in [0.1, 0.15) is 0 Å². The molecule has 1 saturated heterocycles. The monoisotopic (exact) mass is 176 g/mol. The van der Waals surface area contributed by atoms with Gasteiger partial charge in [-0.05, 0) is 6.92 Å². The molecule has 1 atom stereocenters. The highest BCUT2D eigenvalue weighted by atomic mass is 31.2. The number of nitrogens with two attached hydrogens (primary N) is 1. The maximum Gasteiger partial charge on any atom is 0.0826 e. The van der Waals surface area contributed by atoms with Crippen LogP contribution in [0.5, 0.6) is 0 Å². The maximum atomic E-state index is 5.80. The zero-order chi connectivity index (χ0) is 8.32. The lowest BCUT2D eigenvalue weighted by Crippen LogP contribution is -2.29. The van der Waals surface area contributed by atoms with Crippen molar-refractivity contribution in [3.63, 3.8) is 0 Å². The molecule has 1 aliphatic heterocycles. The summed E-state index contributed by atoms with van der Waals surface area (Å²) in [5.41, 5.74) is 5.80. The van der Waals surface area contributed by atoms with E-state index in [1.54, 1.807) is 0 Å². The Morgan fingerprint density at radius 2 is 2.00 bits per heavy atom. The zero-order valence-corrected chi connectivity index (χ0v) is 8.44. The summed E-state index contributed by atoms with van der Waals surface area (Å²) in [5, 5.41) is 0. The molecule has 0 bridgehead atoms. The third kappa shape index (κ3) is 3.06. The first-order chi connectivity index (χ1) is 5.12. The van der Waals surface area contributed by atoms with Crippen molar-refractivity contribution in [2.24, 2.45) is 5.73 Å². The standard InChI is InChI=1S/C8H19NOP/c1-8(9)7-11(2)5-3-10-4-6-11/h8H,3-7,9H2,1-2H3/q+1. The van der Waals surface area contributed by atoms with Gasteiger partial charge < -0.3 is 10.5 Å². The molecule has 1 rings (SSSR count). The lowest BCUT2D eigenvalue weighted by atomic mass is 10.4. The molecule has 3 heteroatoms. The van der Waals surface area contributed by atoms with E-state index in [-0.39, 0.29) is 0 Å². The van der Waals surface area contributed by atoms with Crippen molar-refractivity contribution in [1.82, 2.24) is 0 Å². The second-order valence-corrected chi connectivity index (χ2v) is 8.34. The number of hydrogen-bond donors (Lipinski definition) is 1. The highest BCUT2D eigenvalue weighted by molar-refractivity contribution is 7.75. The Labute approximate surface area is 69.8 Å². The summed E-state index contributed by atoms with van der Waals surface area (Å²) in [6.45, 7) is 6.48. The molecule has 0 aromatic heterocycles. The molecule has 0 spiro atoms. The summed E-state index contributed by atoms with van der Waals surface area (Å²) in [4.78, 5) is 0. The third-order valence-corrected chi connectivity index (χ3v) is 6.26. The minimum Gasteiger partial charge on any atom is -0.374 e. The van der Waals surface area contributed by atoms with Gasteiger partial charge in [-0.25, -0.2) is 0 Å². The van der Waals surface area contributed by atoms with Crippen LogP contribution in [0.1, 0.15) is 6.92 Å². The molecule has 0 aromatic rings. The minimum absolute atomic E-state index is 0.381. The third-order valence-electron chi connectivity index (χ3n) is 2.28. The quantitative estimate of drug-likeness (QED) is 0.637. The molecule has 11 heavy (non-hydrogen) atoms. The van der Waals surface area contributed by atoms with Crippen LogP contribution < -0.4 is 5.73 Å². The Kier molecular flexibility index (Phi) is 3.29. The second kappa shape index (κ2) is 3.84. The van der Waals surface area contributed by atoms with Gasteiger partial charge in [0.15, 0.2) is 0 Å². The van der Waals surface area contributed by atoms with Crippen LogP contribution in [0.15, 0.2) is 0 Å². The maximum absolute atomic E-state index is 5.80. The van der Waals surface area contributed by atoms with Crippen LogP contribution in [-0.4, -0.2) is 44.4 Å². The molecule has 1 fully saturated rings. The fourth-order valence-electron chi connectivity index (χ4n) is 1.66. The second-order valence-electron chi connectivity index (χ2n) is 3.84. The van der Waals surface area contributed by atoms with Crippen LogP contribution in [0.4, 0.5) is 0 Å². The van der Waals surface area contributed by atoms with E-state index in [0.29, 0.717) is 6.04 Å². The Bertz CT molecular complexity index is 121. The van der Waals surface area contributed by atoms with E-state index < -0.39 is 7.26 Å². The summed E-state index contributed by atoms with van der Waals surface area (Å²) in [5.74, 6) is 0. The number of rotatable bonds is 2. The molecule has 66 valence electrons. The van der Waals surface area contributed by atoms with E-state index in [1.165, 1.54) is 18.5 Å². The van der Waals surface area contributed by atoms with Gasteiger partial charge >= 0.3 is 0 Å². The largest absolute Gasteiger partial charge is 0.374 e. The summed E-state index contributed by atoms with van der Waals surface area (Å²) in [7, 11) is -0.670. The van der Waals surface area contributed by atoms with E-state index in [1.807, 2.05) is 0 Å². The molecule has 0 amide bonds. The van der Waals surface area contributed by atoms with Crippen molar-refractivity contribution in [1.29, 1.82) is 0 Å². The van der Waals surface area contributed by atoms with Crippen molar-refractivity contribution in [3.8, 4) is 0 Å². The predicted molar refractivity (Wildman–Crippen MR) is 51.9 cm³/mol. The first-order valence-corrected chi connectivity index (χ1v) is 7.08. The van der Waals surface area contributed by atoms with Crippen LogP contribution in [0.3, 0.4) is 0 Å². The predicted octanol–water partition coefficient (Wildman–Crippen LogP) is 1.01. The Hall–Kier alpha value is 0.350. The van der Waals surface area contributed by atoms with Crippen molar-refractivity contribution in [2.45, 2.75) is 13.0 Å². The molecular formula is C8H19NOP+. The van der Waals surface area contributed by atoms with Gasteiger partial charge in [0.05, 0.1) is 31.7 Å². The Morgan fingerprint density at radius 3 is 2.45 bits per heavy atom. The molecule has 0 aromatic carbocycles. The van der Waals surface area contributed by atoms with Crippen LogP contribution >= 0.6 is 7.26 Å². The van der Waals surface area contributed by atoms with E-state index in [2.05, 4.69) is 13.6 Å². The average molecular weight is 176 g/mol. The molecule has 2 N–H and O–H groups in total. The smallest absolute Gasteiger partial charge is 0.0826 e. The summed E-state index contributed by atoms with van der Waals surface area (Å²) >= 11 is 0. The molecular weight excluding hydrogens is 157 g/mol. The first kappa shape index (κ1) is 9.44. The molecule has 0 aliphatic carbocycles. The minimum atomic E-state index is -0.670. The van der Waals surface area contributed by atoms with Gasteiger partial charge in [-0.15, -0.1) is 0 Å². The lowest BCUT2D eigenvalue weighted by molar-refractivity contribution is 0.157. The fraction of sp³-hybridized carbons (Fsp3) is 1.00. The Balaban J connectivity index is 2.37. The van der Waals surface area contributed by atoms with Gasteiger partial charge in [0, 0.05) is 20.0 Å². The van der Waals surface area contributed by atoms with Crippen LogP contribution in [0.2, 0.25) is 0 Å². The van der Waals surface area contributed by atoms with Gasteiger partial charge in [-0.3, -0.25) is 0 Å². The molecule has 1 unspecified atom stereocenters. The van der Waals surface area contributed by atoms with Crippen molar-refractivity contribution in [2.75, 3.05) is 38.4 Å². The van der Waals surface area contributed by atoms with Crippen LogP contribution in [-0.2, 0) is 4.74 Å². The molecule has 0 radical (unpaired) electrons. The van der Waals surface area contributed by atoms with Crippen LogP contribution in [0.25, 0.3) is 0 Å². The van der Waals surface area contributed by atoms with Gasteiger partial charge in [0.2, 0.25) is 0 Å². The van der Waals surface area contributed by atoms with E-state index in [4.69, 9.17) is 10.5 Å². The summed E-state index contributed by atoms with van der Waals surface area (Å²) in [6.07, 6.45) is 3.82. The SMILES string of the molecule is CC(N)C[P+]1(C)CCOCC1. The molecule has 2 nitrogen and oxygen atoms in total. The number of ether oxygens (including phenoxy) is 1. The van der Waals surface area contributed by atoms with Crippen molar-refractivity contribution in [3.05, 3.63) is 0 Å². The molecule has 1 aliphatic rings. The van der Waals surface area contributed by atoms with Gasteiger partial charge in [-0.1, -0.05) is 0 Å². The molecule has 0 saturated carbocycles. The van der Waals surface area contributed by atoms with Gasteiger partial charge in [-0.2, -0.15) is 0 Å². The fourth-order valence-corrected chi connectivity index (χ4v) is 4.78.